The molecule has 0 radical (unpaired) electrons. The molecule has 1 aromatic heterocycles. The standard InChI is InChI=1S/C28H27BrN2O8S/c1-5-37-21-12-16(7-10-20(21)39-14-23(33)36-4)25-24(27(35)38-6-2)15(3)30-28-31(25)26(34)22(40-28)13-17-11-18(29)8-9-19(17)32/h7-13,25,32H,5-6,14H2,1-4H3/b22-13+/t25-/m0/s1. The van der Waals surface area contributed by atoms with Crippen LogP contribution in [0.2, 0.25) is 0 Å². The van der Waals surface area contributed by atoms with Gasteiger partial charge in [-0.25, -0.2) is 14.6 Å². The first-order valence-corrected chi connectivity index (χ1v) is 13.9. The average Bonchev–Trinajstić information content (AvgIpc) is 3.23. The number of aromatic nitrogens is 1. The van der Waals surface area contributed by atoms with Gasteiger partial charge in [0.1, 0.15) is 5.75 Å². The van der Waals surface area contributed by atoms with Crippen LogP contribution in [0, 0.1) is 0 Å². The lowest BCUT2D eigenvalue weighted by atomic mass is 9.95. The number of phenolic OH excluding ortho intramolecular Hbond substituents is 1. The number of thiazole rings is 1. The van der Waals surface area contributed by atoms with E-state index in [1.54, 1.807) is 57.2 Å². The van der Waals surface area contributed by atoms with Gasteiger partial charge in [0.05, 0.1) is 42.2 Å². The largest absolute Gasteiger partial charge is 0.507 e. The van der Waals surface area contributed by atoms with Crippen molar-refractivity contribution >= 4 is 45.3 Å². The van der Waals surface area contributed by atoms with Crippen molar-refractivity contribution in [3.8, 4) is 17.2 Å². The number of fused-ring (bicyclic) bond motifs is 1. The number of hydrogen-bond donors (Lipinski definition) is 1. The van der Waals surface area contributed by atoms with Gasteiger partial charge in [-0.2, -0.15) is 0 Å². The molecule has 2 aromatic carbocycles. The maximum atomic E-state index is 13.8. The molecule has 0 aliphatic carbocycles. The number of aromatic hydroxyl groups is 1. The van der Waals surface area contributed by atoms with E-state index in [1.165, 1.54) is 17.7 Å². The molecule has 1 aliphatic rings. The lowest BCUT2D eigenvalue weighted by molar-refractivity contribution is -0.143. The van der Waals surface area contributed by atoms with Crippen molar-refractivity contribution in [2.75, 3.05) is 26.9 Å². The van der Waals surface area contributed by atoms with Gasteiger partial charge >= 0.3 is 11.9 Å². The molecule has 0 spiro atoms. The van der Waals surface area contributed by atoms with Crippen molar-refractivity contribution < 1.29 is 33.6 Å². The fraction of sp³-hybridized carbons (Fsp3) is 0.286. The normalized spacial score (nSPS) is 14.8. The van der Waals surface area contributed by atoms with Gasteiger partial charge in [0.25, 0.3) is 5.56 Å². The molecule has 4 rings (SSSR count). The fourth-order valence-electron chi connectivity index (χ4n) is 4.17. The third-order valence-corrected chi connectivity index (χ3v) is 7.43. The number of allylic oxidation sites excluding steroid dienone is 1. The summed E-state index contributed by atoms with van der Waals surface area (Å²) in [6, 6.07) is 8.99. The highest BCUT2D eigenvalue weighted by molar-refractivity contribution is 9.10. The van der Waals surface area contributed by atoms with Gasteiger partial charge in [-0.05, 0) is 62.7 Å². The molecule has 0 bridgehead atoms. The van der Waals surface area contributed by atoms with Gasteiger partial charge in [-0.1, -0.05) is 33.3 Å². The number of ether oxygens (including phenoxy) is 4. The van der Waals surface area contributed by atoms with Crippen LogP contribution in [0.1, 0.15) is 37.9 Å². The summed E-state index contributed by atoms with van der Waals surface area (Å²) >= 11 is 4.52. The van der Waals surface area contributed by atoms with E-state index in [-0.39, 0.29) is 24.5 Å². The SMILES string of the molecule is CCOC(=O)C1=C(C)N=c2s/c(=C/c3cc(Br)ccc3O)c(=O)n2[C@H]1c1ccc(OCC(=O)OC)c(OCC)c1. The van der Waals surface area contributed by atoms with Crippen LogP contribution in [0.4, 0.5) is 0 Å². The molecule has 40 heavy (non-hydrogen) atoms. The number of esters is 2. The molecule has 0 fully saturated rings. The van der Waals surface area contributed by atoms with E-state index in [0.29, 0.717) is 44.3 Å². The summed E-state index contributed by atoms with van der Waals surface area (Å²) in [4.78, 5) is 43.6. The molecule has 10 nitrogen and oxygen atoms in total. The van der Waals surface area contributed by atoms with Crippen LogP contribution in [-0.2, 0) is 19.1 Å². The zero-order chi connectivity index (χ0) is 29.0. The quantitative estimate of drug-likeness (QED) is 0.357. The third-order valence-electron chi connectivity index (χ3n) is 5.95. The Morgan fingerprint density at radius 2 is 1.90 bits per heavy atom. The summed E-state index contributed by atoms with van der Waals surface area (Å²) in [6.07, 6.45) is 1.58. The van der Waals surface area contributed by atoms with Crippen LogP contribution in [0.15, 0.2) is 61.9 Å². The van der Waals surface area contributed by atoms with E-state index in [2.05, 4.69) is 25.7 Å². The van der Waals surface area contributed by atoms with Gasteiger partial charge in [0.15, 0.2) is 22.9 Å². The minimum atomic E-state index is -0.887. The number of halogens is 1. The highest BCUT2D eigenvalue weighted by Gasteiger charge is 2.34. The van der Waals surface area contributed by atoms with Crippen molar-refractivity contribution in [3.63, 3.8) is 0 Å². The van der Waals surface area contributed by atoms with E-state index in [9.17, 15) is 19.5 Å². The van der Waals surface area contributed by atoms with Gasteiger partial charge < -0.3 is 24.1 Å². The minimum Gasteiger partial charge on any atom is -0.507 e. The monoisotopic (exact) mass is 630 g/mol. The third kappa shape index (κ3) is 5.97. The Hall–Kier alpha value is -3.90. The van der Waals surface area contributed by atoms with Crippen molar-refractivity contribution in [2.45, 2.75) is 26.8 Å². The van der Waals surface area contributed by atoms with Crippen LogP contribution >= 0.6 is 27.3 Å². The maximum absolute atomic E-state index is 13.8. The lowest BCUT2D eigenvalue weighted by Crippen LogP contribution is -2.40. The zero-order valence-electron chi connectivity index (χ0n) is 22.2. The Morgan fingerprint density at radius 1 is 1.12 bits per heavy atom. The Balaban J connectivity index is 1.92. The molecule has 0 saturated carbocycles. The van der Waals surface area contributed by atoms with Crippen LogP contribution in [0.3, 0.4) is 0 Å². The predicted octanol–water partition coefficient (Wildman–Crippen LogP) is 3.22. The molecule has 210 valence electrons. The second kappa shape index (κ2) is 12.5. The van der Waals surface area contributed by atoms with Crippen LogP contribution in [-0.4, -0.2) is 48.5 Å². The smallest absolute Gasteiger partial charge is 0.343 e. The highest BCUT2D eigenvalue weighted by Crippen LogP contribution is 2.36. The molecular weight excluding hydrogens is 604 g/mol. The molecule has 1 atom stereocenters. The van der Waals surface area contributed by atoms with E-state index < -0.39 is 23.5 Å². The maximum Gasteiger partial charge on any atom is 0.343 e. The van der Waals surface area contributed by atoms with Crippen LogP contribution < -0.4 is 24.4 Å². The number of carbonyl (C=O) groups excluding carboxylic acids is 2. The number of phenols is 1. The predicted molar refractivity (Wildman–Crippen MR) is 151 cm³/mol. The minimum absolute atomic E-state index is 0.0119. The number of methoxy groups -OCH3 is 1. The molecule has 3 aromatic rings. The van der Waals surface area contributed by atoms with Gasteiger partial charge in [-0.15, -0.1) is 0 Å². The van der Waals surface area contributed by atoms with Crippen molar-refractivity contribution in [2.24, 2.45) is 4.99 Å². The lowest BCUT2D eigenvalue weighted by Gasteiger charge is -2.25. The summed E-state index contributed by atoms with van der Waals surface area (Å²) in [5, 5.41) is 10.3. The van der Waals surface area contributed by atoms with Crippen LogP contribution in [0.5, 0.6) is 17.2 Å². The molecule has 0 amide bonds. The first-order valence-electron chi connectivity index (χ1n) is 12.3. The topological polar surface area (TPSA) is 126 Å². The summed E-state index contributed by atoms with van der Waals surface area (Å²) in [6.45, 7) is 5.30. The second-order valence-electron chi connectivity index (χ2n) is 8.51. The number of benzene rings is 2. The molecule has 0 unspecified atom stereocenters. The molecular formula is C28H27BrN2O8S. The first kappa shape index (κ1) is 29.1. The fourth-order valence-corrected chi connectivity index (χ4v) is 5.58. The average molecular weight is 632 g/mol. The Kier molecular flexibility index (Phi) is 9.10. The number of nitrogens with zero attached hydrogens (tertiary/aromatic N) is 2. The van der Waals surface area contributed by atoms with Gasteiger partial charge in [-0.3, -0.25) is 9.36 Å². The van der Waals surface area contributed by atoms with Crippen molar-refractivity contribution in [3.05, 3.63) is 83.0 Å². The van der Waals surface area contributed by atoms with Crippen molar-refractivity contribution in [1.82, 2.24) is 4.57 Å². The molecule has 2 heterocycles. The zero-order valence-corrected chi connectivity index (χ0v) is 24.6. The Morgan fingerprint density at radius 3 is 2.60 bits per heavy atom. The number of hydrogen-bond acceptors (Lipinski definition) is 10. The summed E-state index contributed by atoms with van der Waals surface area (Å²) in [7, 11) is 1.26. The highest BCUT2D eigenvalue weighted by atomic mass is 79.9. The second-order valence-corrected chi connectivity index (χ2v) is 10.4. The van der Waals surface area contributed by atoms with Crippen molar-refractivity contribution in [1.29, 1.82) is 0 Å². The molecule has 12 heteroatoms. The van der Waals surface area contributed by atoms with E-state index in [1.807, 2.05) is 0 Å². The summed E-state index contributed by atoms with van der Waals surface area (Å²) < 4.78 is 23.8. The van der Waals surface area contributed by atoms with Crippen LogP contribution in [0.25, 0.3) is 6.08 Å². The Labute approximate surface area is 241 Å². The first-order chi connectivity index (χ1) is 19.2. The van der Waals surface area contributed by atoms with E-state index in [0.717, 1.165) is 15.8 Å². The molecule has 1 N–H and O–H groups in total. The summed E-state index contributed by atoms with van der Waals surface area (Å²) in [5.41, 5.74) is 1.21. The van der Waals surface area contributed by atoms with Gasteiger partial charge in [0.2, 0.25) is 0 Å². The Bertz CT molecular complexity index is 1670. The van der Waals surface area contributed by atoms with Gasteiger partial charge in [0, 0.05) is 10.0 Å². The molecule has 0 saturated heterocycles. The van der Waals surface area contributed by atoms with E-state index in [4.69, 9.17) is 14.2 Å². The number of carbonyl (C=O) groups is 2. The van der Waals surface area contributed by atoms with E-state index >= 15 is 0 Å². The summed E-state index contributed by atoms with van der Waals surface area (Å²) in [5.74, 6) is -0.525. The molecule has 1 aliphatic heterocycles. The number of rotatable bonds is 9.